The fraction of sp³-hybridized carbons (Fsp3) is 1.00. The number of nitrogens with one attached hydrogen (secondary N) is 1. The summed E-state index contributed by atoms with van der Waals surface area (Å²) in [6, 6.07) is 0.669. The molecule has 1 fully saturated rings. The smallest absolute Gasteiger partial charge is 0.0356 e. The van der Waals surface area contributed by atoms with Crippen LogP contribution >= 0.6 is 0 Å². The third-order valence-corrected chi connectivity index (χ3v) is 4.45. The third kappa shape index (κ3) is 2.98. The van der Waals surface area contributed by atoms with E-state index in [-0.39, 0.29) is 0 Å². The van der Waals surface area contributed by atoms with E-state index < -0.39 is 0 Å². The van der Waals surface area contributed by atoms with Crippen LogP contribution < -0.4 is 5.32 Å². The molecule has 0 heterocycles. The Morgan fingerprint density at radius 3 is 2.25 bits per heavy atom. The van der Waals surface area contributed by atoms with Crippen molar-refractivity contribution in [2.75, 3.05) is 21.1 Å². The highest BCUT2D eigenvalue weighted by Crippen LogP contribution is 2.36. The minimum absolute atomic E-state index is 0.419. The molecule has 96 valence electrons. The Morgan fingerprint density at radius 1 is 1.19 bits per heavy atom. The molecule has 2 nitrogen and oxygen atoms in total. The minimum Gasteiger partial charge on any atom is -0.315 e. The van der Waals surface area contributed by atoms with Crippen LogP contribution in [0.5, 0.6) is 0 Å². The van der Waals surface area contributed by atoms with Gasteiger partial charge in [0.1, 0.15) is 0 Å². The molecule has 0 aliphatic heterocycles. The average molecular weight is 226 g/mol. The topological polar surface area (TPSA) is 15.3 Å². The summed E-state index contributed by atoms with van der Waals surface area (Å²) in [5.41, 5.74) is 0.419. The summed E-state index contributed by atoms with van der Waals surface area (Å²) in [5.74, 6) is 0. The molecule has 1 unspecified atom stereocenters. The zero-order valence-electron chi connectivity index (χ0n) is 11.7. The normalized spacial score (nSPS) is 22.3. The number of nitrogens with zero attached hydrogens (tertiary/aromatic N) is 1. The number of likely N-dealkylation sites (N-methyl/N-ethyl adjacent to an activating group) is 2. The maximum Gasteiger partial charge on any atom is 0.0356 e. The predicted octanol–water partition coefficient (Wildman–Crippen LogP) is 3.03. The Labute approximate surface area is 102 Å². The minimum atomic E-state index is 0.419. The molecule has 0 aromatic heterocycles. The van der Waals surface area contributed by atoms with Crippen LogP contribution in [0.3, 0.4) is 0 Å². The van der Waals surface area contributed by atoms with Gasteiger partial charge in [-0.25, -0.2) is 0 Å². The molecule has 0 aromatic carbocycles. The van der Waals surface area contributed by atoms with E-state index in [4.69, 9.17) is 0 Å². The predicted molar refractivity (Wildman–Crippen MR) is 71.9 cm³/mol. The highest BCUT2D eigenvalue weighted by atomic mass is 15.2. The van der Waals surface area contributed by atoms with Gasteiger partial charge in [-0.15, -0.1) is 0 Å². The maximum absolute atomic E-state index is 3.59. The quantitative estimate of drug-likeness (QED) is 0.749. The van der Waals surface area contributed by atoms with Crippen molar-refractivity contribution in [2.45, 2.75) is 69.9 Å². The van der Waals surface area contributed by atoms with E-state index in [0.717, 1.165) is 0 Å². The first kappa shape index (κ1) is 14.0. The molecule has 1 rings (SSSR count). The van der Waals surface area contributed by atoms with Crippen LogP contribution in [0.1, 0.15) is 58.3 Å². The summed E-state index contributed by atoms with van der Waals surface area (Å²) in [7, 11) is 6.67. The molecule has 0 bridgehead atoms. The van der Waals surface area contributed by atoms with Crippen LogP contribution in [0.15, 0.2) is 0 Å². The van der Waals surface area contributed by atoms with Gasteiger partial charge in [0.05, 0.1) is 0 Å². The summed E-state index contributed by atoms with van der Waals surface area (Å²) in [6.45, 7) is 2.29. The van der Waals surface area contributed by atoms with E-state index >= 15 is 0 Å². The number of hydrogen-bond acceptors (Lipinski definition) is 2. The van der Waals surface area contributed by atoms with Crippen molar-refractivity contribution in [2.24, 2.45) is 0 Å². The second kappa shape index (κ2) is 6.61. The first-order chi connectivity index (χ1) is 7.67. The van der Waals surface area contributed by atoms with E-state index in [0.29, 0.717) is 11.6 Å². The van der Waals surface area contributed by atoms with Crippen LogP contribution in [0.2, 0.25) is 0 Å². The Bertz CT molecular complexity index is 183. The van der Waals surface area contributed by atoms with Crippen LogP contribution in [-0.4, -0.2) is 37.6 Å². The molecule has 1 N–H and O–H groups in total. The number of rotatable bonds is 6. The summed E-state index contributed by atoms with van der Waals surface area (Å²) in [5, 5.41) is 3.59. The van der Waals surface area contributed by atoms with Crippen molar-refractivity contribution in [1.82, 2.24) is 10.2 Å². The molecule has 1 aliphatic rings. The molecular formula is C14H30N2. The van der Waals surface area contributed by atoms with Gasteiger partial charge >= 0.3 is 0 Å². The van der Waals surface area contributed by atoms with Gasteiger partial charge in [0.25, 0.3) is 0 Å². The van der Waals surface area contributed by atoms with Crippen LogP contribution in [0.4, 0.5) is 0 Å². The molecule has 0 saturated heterocycles. The lowest BCUT2D eigenvalue weighted by molar-refractivity contribution is 0.0556. The fourth-order valence-electron chi connectivity index (χ4n) is 3.36. The van der Waals surface area contributed by atoms with Crippen molar-refractivity contribution in [1.29, 1.82) is 0 Å². The molecule has 1 atom stereocenters. The van der Waals surface area contributed by atoms with Crippen molar-refractivity contribution >= 4 is 0 Å². The molecule has 0 amide bonds. The SMILES string of the molecule is CCCCC(NC)C1(N(C)C)CCCCC1. The van der Waals surface area contributed by atoms with Crippen LogP contribution in [0, 0.1) is 0 Å². The van der Waals surface area contributed by atoms with Gasteiger partial charge in [-0.1, -0.05) is 39.0 Å². The van der Waals surface area contributed by atoms with Crippen molar-refractivity contribution < 1.29 is 0 Å². The Balaban J connectivity index is 2.71. The lowest BCUT2D eigenvalue weighted by Crippen LogP contribution is -2.59. The second-order valence-corrected chi connectivity index (χ2v) is 5.54. The van der Waals surface area contributed by atoms with E-state index in [9.17, 15) is 0 Å². The van der Waals surface area contributed by atoms with Crippen molar-refractivity contribution in [3.63, 3.8) is 0 Å². The van der Waals surface area contributed by atoms with Crippen LogP contribution in [0.25, 0.3) is 0 Å². The highest BCUT2D eigenvalue weighted by molar-refractivity contribution is 4.99. The molecule has 2 heteroatoms. The molecule has 1 aliphatic carbocycles. The van der Waals surface area contributed by atoms with Gasteiger partial charge in [0, 0.05) is 11.6 Å². The summed E-state index contributed by atoms with van der Waals surface area (Å²) in [4.78, 5) is 2.49. The average Bonchev–Trinajstić information content (AvgIpc) is 2.31. The molecule has 0 aromatic rings. The van der Waals surface area contributed by atoms with Gasteiger partial charge in [-0.3, -0.25) is 0 Å². The van der Waals surface area contributed by atoms with Gasteiger partial charge in [0.15, 0.2) is 0 Å². The Hall–Kier alpha value is -0.0800. The zero-order chi connectivity index (χ0) is 12.0. The second-order valence-electron chi connectivity index (χ2n) is 5.54. The van der Waals surface area contributed by atoms with Gasteiger partial charge in [0.2, 0.25) is 0 Å². The summed E-state index contributed by atoms with van der Waals surface area (Å²) < 4.78 is 0. The first-order valence-corrected chi connectivity index (χ1v) is 7.02. The highest BCUT2D eigenvalue weighted by Gasteiger charge is 2.40. The zero-order valence-corrected chi connectivity index (χ0v) is 11.7. The van der Waals surface area contributed by atoms with Crippen molar-refractivity contribution in [3.05, 3.63) is 0 Å². The third-order valence-electron chi connectivity index (χ3n) is 4.45. The summed E-state index contributed by atoms with van der Waals surface area (Å²) >= 11 is 0. The fourth-order valence-corrected chi connectivity index (χ4v) is 3.36. The lowest BCUT2D eigenvalue weighted by Gasteiger charge is -2.48. The monoisotopic (exact) mass is 226 g/mol. The molecule has 1 saturated carbocycles. The largest absolute Gasteiger partial charge is 0.315 e. The molecule has 0 spiro atoms. The van der Waals surface area contributed by atoms with Crippen molar-refractivity contribution in [3.8, 4) is 0 Å². The first-order valence-electron chi connectivity index (χ1n) is 7.02. The standard InChI is InChI=1S/C14H30N2/c1-5-6-10-13(15-2)14(16(3)4)11-8-7-9-12-14/h13,15H,5-12H2,1-4H3. The van der Waals surface area contributed by atoms with E-state index in [1.54, 1.807) is 0 Å². The van der Waals surface area contributed by atoms with E-state index in [2.05, 4.69) is 38.3 Å². The van der Waals surface area contributed by atoms with Gasteiger partial charge in [-0.05, 0) is 40.4 Å². The number of hydrogen-bond donors (Lipinski definition) is 1. The Morgan fingerprint density at radius 2 is 1.81 bits per heavy atom. The molecule has 0 radical (unpaired) electrons. The van der Waals surface area contributed by atoms with Gasteiger partial charge < -0.3 is 10.2 Å². The molecule has 16 heavy (non-hydrogen) atoms. The lowest BCUT2D eigenvalue weighted by atomic mass is 9.74. The van der Waals surface area contributed by atoms with E-state index in [1.165, 1.54) is 51.4 Å². The maximum atomic E-state index is 3.59. The molecular weight excluding hydrogens is 196 g/mol. The Kier molecular flexibility index (Phi) is 5.77. The van der Waals surface area contributed by atoms with E-state index in [1.807, 2.05) is 0 Å². The van der Waals surface area contributed by atoms with Crippen LogP contribution in [-0.2, 0) is 0 Å². The van der Waals surface area contributed by atoms with Gasteiger partial charge in [-0.2, -0.15) is 0 Å². The number of unbranched alkanes of at least 4 members (excludes halogenated alkanes) is 1. The summed E-state index contributed by atoms with van der Waals surface area (Å²) in [6.07, 6.45) is 11.0.